The maximum absolute atomic E-state index is 12.2. The quantitative estimate of drug-likeness (QED) is 0.299. The van der Waals surface area contributed by atoms with Crippen LogP contribution in [0.3, 0.4) is 0 Å². The molecule has 1 heterocycles. The van der Waals surface area contributed by atoms with Crippen LogP contribution in [-0.2, 0) is 0 Å². The molecular weight excluding hydrogens is 264 g/mol. The fourth-order valence-electron chi connectivity index (χ4n) is 2.84. The lowest BCUT2D eigenvalue weighted by atomic mass is 10.00. The third-order valence-corrected chi connectivity index (χ3v) is 3.85. The van der Waals surface area contributed by atoms with Gasteiger partial charge in [0.15, 0.2) is 0 Å². The van der Waals surface area contributed by atoms with Crippen LogP contribution in [0.15, 0.2) is 57.7 Å². The SMILES string of the molecule is Cc1ccc2oc(=O)c3c(O)c4ccccc4cc3c2c1. The molecule has 0 atom stereocenters. The molecule has 4 rings (SSSR count). The molecule has 0 aliphatic rings. The molecule has 0 unspecified atom stereocenters. The lowest BCUT2D eigenvalue weighted by Gasteiger charge is -2.08. The Kier molecular flexibility index (Phi) is 2.33. The Hall–Kier alpha value is -2.81. The van der Waals surface area contributed by atoms with Gasteiger partial charge in [-0.3, -0.25) is 0 Å². The standard InChI is InChI=1S/C18H12O3/c1-10-6-7-15-13(8-10)14-9-11-4-2-3-5-12(11)17(19)16(14)18(20)21-15/h2-9,19H,1H3. The normalized spacial score (nSPS) is 11.5. The highest BCUT2D eigenvalue weighted by Crippen LogP contribution is 2.35. The first kappa shape index (κ1) is 12.0. The van der Waals surface area contributed by atoms with Crippen LogP contribution in [-0.4, -0.2) is 5.11 Å². The van der Waals surface area contributed by atoms with Gasteiger partial charge in [-0.2, -0.15) is 0 Å². The summed E-state index contributed by atoms with van der Waals surface area (Å²) in [6, 6.07) is 15.1. The zero-order chi connectivity index (χ0) is 14.6. The summed E-state index contributed by atoms with van der Waals surface area (Å²) in [5, 5.41) is 13.8. The summed E-state index contributed by atoms with van der Waals surface area (Å²) in [5.74, 6) is -0.0137. The van der Waals surface area contributed by atoms with Gasteiger partial charge in [-0.1, -0.05) is 35.9 Å². The van der Waals surface area contributed by atoms with Crippen LogP contribution in [0.4, 0.5) is 0 Å². The molecule has 0 bridgehead atoms. The van der Waals surface area contributed by atoms with Gasteiger partial charge in [0.25, 0.3) is 0 Å². The Labute approximate surface area is 120 Å². The highest BCUT2D eigenvalue weighted by atomic mass is 16.4. The maximum Gasteiger partial charge on any atom is 0.348 e. The highest BCUT2D eigenvalue weighted by molar-refractivity contribution is 6.13. The van der Waals surface area contributed by atoms with E-state index in [4.69, 9.17) is 4.42 Å². The second-order valence-electron chi connectivity index (χ2n) is 5.26. The number of aromatic hydroxyl groups is 1. The molecule has 4 aromatic rings. The minimum atomic E-state index is -0.510. The smallest absolute Gasteiger partial charge is 0.348 e. The van der Waals surface area contributed by atoms with E-state index < -0.39 is 5.63 Å². The number of benzene rings is 3. The molecule has 1 aromatic heterocycles. The number of aryl methyl sites for hydroxylation is 1. The van der Waals surface area contributed by atoms with E-state index in [1.54, 1.807) is 12.1 Å². The van der Waals surface area contributed by atoms with Crippen molar-refractivity contribution in [3.63, 3.8) is 0 Å². The minimum Gasteiger partial charge on any atom is -0.506 e. The van der Waals surface area contributed by atoms with Crippen molar-refractivity contribution in [2.75, 3.05) is 0 Å². The molecule has 0 saturated carbocycles. The topological polar surface area (TPSA) is 50.4 Å². The molecule has 0 saturated heterocycles. The van der Waals surface area contributed by atoms with E-state index in [9.17, 15) is 9.90 Å². The molecule has 1 N–H and O–H groups in total. The second-order valence-corrected chi connectivity index (χ2v) is 5.26. The van der Waals surface area contributed by atoms with Gasteiger partial charge in [0.2, 0.25) is 0 Å². The van der Waals surface area contributed by atoms with Gasteiger partial charge in [-0.15, -0.1) is 0 Å². The van der Waals surface area contributed by atoms with Gasteiger partial charge in [0, 0.05) is 16.2 Å². The number of phenolic OH excluding ortho intramolecular Hbond substituents is 1. The van der Waals surface area contributed by atoms with E-state index in [1.807, 2.05) is 43.3 Å². The van der Waals surface area contributed by atoms with Crippen LogP contribution in [0.2, 0.25) is 0 Å². The molecule has 0 amide bonds. The largest absolute Gasteiger partial charge is 0.506 e. The van der Waals surface area contributed by atoms with Gasteiger partial charge in [-0.05, 0) is 30.5 Å². The molecule has 0 aliphatic heterocycles. The van der Waals surface area contributed by atoms with Crippen molar-refractivity contribution >= 4 is 32.5 Å². The Balaban J connectivity index is 2.37. The average molecular weight is 276 g/mol. The van der Waals surface area contributed by atoms with Crippen LogP contribution >= 0.6 is 0 Å². The first-order valence-electron chi connectivity index (χ1n) is 6.73. The Morgan fingerprint density at radius 3 is 2.62 bits per heavy atom. The molecular formula is C18H12O3. The zero-order valence-corrected chi connectivity index (χ0v) is 11.4. The summed E-state index contributed by atoms with van der Waals surface area (Å²) in [5.41, 5.74) is 1.10. The molecule has 3 nitrogen and oxygen atoms in total. The summed E-state index contributed by atoms with van der Waals surface area (Å²) in [6.45, 7) is 1.98. The van der Waals surface area contributed by atoms with Crippen molar-refractivity contribution in [3.05, 3.63) is 64.5 Å². The number of fused-ring (bicyclic) bond motifs is 4. The third kappa shape index (κ3) is 1.64. The molecule has 3 heteroatoms. The average Bonchev–Trinajstić information content (AvgIpc) is 2.48. The van der Waals surface area contributed by atoms with Crippen molar-refractivity contribution in [2.24, 2.45) is 0 Å². The molecule has 0 radical (unpaired) electrons. The van der Waals surface area contributed by atoms with Gasteiger partial charge in [0.05, 0.1) is 0 Å². The maximum atomic E-state index is 12.2. The Morgan fingerprint density at radius 1 is 0.952 bits per heavy atom. The van der Waals surface area contributed by atoms with Crippen LogP contribution < -0.4 is 5.63 Å². The van der Waals surface area contributed by atoms with Crippen LogP contribution in [0.5, 0.6) is 5.75 Å². The molecule has 21 heavy (non-hydrogen) atoms. The minimum absolute atomic E-state index is 0.0137. The fourth-order valence-corrected chi connectivity index (χ4v) is 2.84. The van der Waals surface area contributed by atoms with Crippen molar-refractivity contribution in [2.45, 2.75) is 6.92 Å². The van der Waals surface area contributed by atoms with Crippen molar-refractivity contribution in [1.82, 2.24) is 0 Å². The van der Waals surface area contributed by atoms with Crippen molar-refractivity contribution in [1.29, 1.82) is 0 Å². The molecule has 102 valence electrons. The van der Waals surface area contributed by atoms with Crippen molar-refractivity contribution < 1.29 is 9.52 Å². The van der Waals surface area contributed by atoms with Crippen molar-refractivity contribution in [3.8, 4) is 5.75 Å². The zero-order valence-electron chi connectivity index (χ0n) is 11.4. The number of phenols is 1. The van der Waals surface area contributed by atoms with Gasteiger partial charge < -0.3 is 9.52 Å². The third-order valence-electron chi connectivity index (χ3n) is 3.85. The van der Waals surface area contributed by atoms with E-state index in [0.29, 0.717) is 11.0 Å². The fraction of sp³-hybridized carbons (Fsp3) is 0.0556. The van der Waals surface area contributed by atoms with E-state index in [-0.39, 0.29) is 11.1 Å². The van der Waals surface area contributed by atoms with Crippen LogP contribution in [0, 0.1) is 6.92 Å². The van der Waals surface area contributed by atoms with E-state index in [2.05, 4.69) is 0 Å². The van der Waals surface area contributed by atoms with E-state index in [1.165, 1.54) is 0 Å². The monoisotopic (exact) mass is 276 g/mol. The van der Waals surface area contributed by atoms with Crippen LogP contribution in [0.1, 0.15) is 5.56 Å². The summed E-state index contributed by atoms with van der Waals surface area (Å²) < 4.78 is 5.34. The van der Waals surface area contributed by atoms with Crippen LogP contribution in [0.25, 0.3) is 32.5 Å². The van der Waals surface area contributed by atoms with Gasteiger partial charge >= 0.3 is 5.63 Å². The lowest BCUT2D eigenvalue weighted by molar-refractivity contribution is 0.483. The molecule has 0 aliphatic carbocycles. The molecule has 0 spiro atoms. The second kappa shape index (κ2) is 4.09. The Bertz CT molecular complexity index is 1070. The number of hydrogen-bond acceptors (Lipinski definition) is 3. The summed E-state index contributed by atoms with van der Waals surface area (Å²) in [4.78, 5) is 12.2. The summed E-state index contributed by atoms with van der Waals surface area (Å²) >= 11 is 0. The predicted molar refractivity (Wildman–Crippen MR) is 83.9 cm³/mol. The molecule has 3 aromatic carbocycles. The lowest BCUT2D eigenvalue weighted by Crippen LogP contribution is -2.00. The highest BCUT2D eigenvalue weighted by Gasteiger charge is 2.14. The van der Waals surface area contributed by atoms with E-state index in [0.717, 1.165) is 21.7 Å². The van der Waals surface area contributed by atoms with Gasteiger partial charge in [0.1, 0.15) is 16.7 Å². The van der Waals surface area contributed by atoms with E-state index >= 15 is 0 Å². The van der Waals surface area contributed by atoms with Gasteiger partial charge in [-0.25, -0.2) is 4.79 Å². The first-order chi connectivity index (χ1) is 10.1. The Morgan fingerprint density at radius 2 is 1.76 bits per heavy atom. The predicted octanol–water partition coefficient (Wildman–Crippen LogP) is 4.11. The number of hydrogen-bond donors (Lipinski definition) is 1. The number of rotatable bonds is 0. The summed E-state index contributed by atoms with van der Waals surface area (Å²) in [6.07, 6.45) is 0. The summed E-state index contributed by atoms with van der Waals surface area (Å²) in [7, 11) is 0. The molecule has 0 fully saturated rings. The first-order valence-corrected chi connectivity index (χ1v) is 6.73.